The van der Waals surface area contributed by atoms with Crippen molar-refractivity contribution in [2.45, 2.75) is 43.1 Å². The van der Waals surface area contributed by atoms with Gasteiger partial charge in [-0.2, -0.15) is 18.3 Å². The third-order valence-electron chi connectivity index (χ3n) is 5.64. The van der Waals surface area contributed by atoms with Crippen LogP contribution in [0.1, 0.15) is 19.3 Å². The Bertz CT molecular complexity index is 1200. The van der Waals surface area contributed by atoms with E-state index in [0.717, 1.165) is 18.3 Å². The first-order valence-corrected chi connectivity index (χ1v) is 10.7. The van der Waals surface area contributed by atoms with E-state index in [9.17, 15) is 31.9 Å². The van der Waals surface area contributed by atoms with Gasteiger partial charge >= 0.3 is 6.18 Å². The summed E-state index contributed by atoms with van der Waals surface area (Å²) >= 11 is 5.60. The van der Waals surface area contributed by atoms with E-state index < -0.39 is 53.6 Å². The fourth-order valence-electron chi connectivity index (χ4n) is 4.37. The molecule has 0 atom stereocenters. The lowest BCUT2D eigenvalue weighted by Crippen LogP contribution is -2.84. The molecule has 0 aliphatic heterocycles. The minimum atomic E-state index is -4.60. The second-order valence-electron chi connectivity index (χ2n) is 8.64. The van der Waals surface area contributed by atoms with Crippen LogP contribution in [0.25, 0.3) is 0 Å². The van der Waals surface area contributed by atoms with Crippen LogP contribution in [-0.4, -0.2) is 52.1 Å². The average Bonchev–Trinajstić information content (AvgIpc) is 2.71. The van der Waals surface area contributed by atoms with Crippen molar-refractivity contribution < 1.29 is 36.6 Å². The van der Waals surface area contributed by atoms with Crippen molar-refractivity contribution >= 4 is 23.4 Å². The summed E-state index contributed by atoms with van der Waals surface area (Å²) in [6.45, 7) is -2.30. The van der Waals surface area contributed by atoms with Crippen molar-refractivity contribution in [2.75, 3.05) is 13.2 Å². The molecule has 0 spiro atoms. The average molecular weight is 519 g/mol. The molecule has 1 aromatic carbocycles. The Hall–Kier alpha value is -3.35. The van der Waals surface area contributed by atoms with E-state index in [1.807, 2.05) is 0 Å². The number of alkyl halides is 3. The van der Waals surface area contributed by atoms with Crippen LogP contribution < -0.4 is 25.7 Å². The highest BCUT2D eigenvalue weighted by Gasteiger charge is 2.69. The molecule has 3 aliphatic carbocycles. The molecule has 3 aliphatic rings. The molecule has 1 heterocycles. The van der Waals surface area contributed by atoms with Gasteiger partial charge in [-0.15, -0.1) is 0 Å². The molecule has 2 N–H and O–H groups in total. The van der Waals surface area contributed by atoms with Crippen LogP contribution >= 0.6 is 11.6 Å². The van der Waals surface area contributed by atoms with Gasteiger partial charge in [-0.3, -0.25) is 14.4 Å². The summed E-state index contributed by atoms with van der Waals surface area (Å²) in [7, 11) is 0. The largest absolute Gasteiger partial charge is 0.484 e. The van der Waals surface area contributed by atoms with Crippen LogP contribution in [0.15, 0.2) is 35.3 Å². The number of hydrogen-bond acceptors (Lipinski definition) is 6. The van der Waals surface area contributed by atoms with Gasteiger partial charge in [0.2, 0.25) is 0 Å². The molecule has 35 heavy (non-hydrogen) atoms. The number of carbonyl (C=O) groups excluding carboxylic acids is 2. The molecule has 2 amide bonds. The number of ether oxygens (including phenoxy) is 2. The minimum absolute atomic E-state index is 0.0573. The predicted molar refractivity (Wildman–Crippen MR) is 113 cm³/mol. The summed E-state index contributed by atoms with van der Waals surface area (Å²) in [6.07, 6.45) is -2.17. The Kier molecular flexibility index (Phi) is 6.38. The van der Waals surface area contributed by atoms with E-state index in [1.165, 1.54) is 12.1 Å². The lowest BCUT2D eigenvalue weighted by atomic mass is 9.44. The third kappa shape index (κ3) is 5.84. The zero-order valence-corrected chi connectivity index (χ0v) is 18.7. The fraction of sp³-hybridized carbons (Fsp3) is 0.429. The van der Waals surface area contributed by atoms with E-state index in [-0.39, 0.29) is 27.8 Å². The van der Waals surface area contributed by atoms with Crippen molar-refractivity contribution in [3.05, 3.63) is 51.7 Å². The highest BCUT2D eigenvalue weighted by molar-refractivity contribution is 6.30. The monoisotopic (exact) mass is 518 g/mol. The summed E-state index contributed by atoms with van der Waals surface area (Å²) in [6, 6.07) is 4.65. The lowest BCUT2D eigenvalue weighted by Gasteiger charge is -2.70. The first-order valence-electron chi connectivity index (χ1n) is 10.3. The molecular weight excluding hydrogens is 500 g/mol. The van der Waals surface area contributed by atoms with Gasteiger partial charge in [-0.05, 0) is 31.4 Å². The molecule has 14 heteroatoms. The SMILES string of the molecule is O=C(COc1ccc(Cl)c(F)c1)NC12CC(NC(=O)COc3cnn(CC(F)(F)F)c(=O)c3)(C1)C2. The van der Waals surface area contributed by atoms with Crippen LogP contribution in [0.2, 0.25) is 5.02 Å². The van der Waals surface area contributed by atoms with E-state index >= 15 is 0 Å². The Morgan fingerprint density at radius 1 is 1.03 bits per heavy atom. The van der Waals surface area contributed by atoms with E-state index in [1.54, 1.807) is 0 Å². The number of halogens is 5. The Morgan fingerprint density at radius 3 is 2.11 bits per heavy atom. The summed E-state index contributed by atoms with van der Waals surface area (Å²) in [5.41, 5.74) is -1.95. The number of hydrogen-bond donors (Lipinski definition) is 2. The number of rotatable bonds is 9. The topological polar surface area (TPSA) is 112 Å². The molecule has 188 valence electrons. The maximum absolute atomic E-state index is 13.4. The predicted octanol–water partition coefficient (Wildman–Crippen LogP) is 1.96. The van der Waals surface area contributed by atoms with Crippen molar-refractivity contribution in [3.8, 4) is 11.5 Å². The van der Waals surface area contributed by atoms with Gasteiger partial charge in [0.15, 0.2) is 13.2 Å². The Balaban J connectivity index is 1.17. The quantitative estimate of drug-likeness (QED) is 0.491. The zero-order chi connectivity index (χ0) is 25.4. The molecule has 9 nitrogen and oxygen atoms in total. The smallest absolute Gasteiger partial charge is 0.408 e. The van der Waals surface area contributed by atoms with Gasteiger partial charge in [0.1, 0.15) is 23.9 Å². The van der Waals surface area contributed by atoms with Gasteiger partial charge in [-0.25, -0.2) is 9.07 Å². The molecule has 5 rings (SSSR count). The van der Waals surface area contributed by atoms with Gasteiger partial charge in [0, 0.05) is 23.2 Å². The number of nitrogens with one attached hydrogen (secondary N) is 2. The second kappa shape index (κ2) is 9.02. The molecule has 3 fully saturated rings. The van der Waals surface area contributed by atoms with Gasteiger partial charge in [0.05, 0.1) is 11.2 Å². The normalized spacial score (nSPS) is 22.4. The van der Waals surface area contributed by atoms with E-state index in [4.69, 9.17) is 21.1 Å². The van der Waals surface area contributed by atoms with Crippen LogP contribution in [0.5, 0.6) is 11.5 Å². The molecule has 0 saturated heterocycles. The summed E-state index contributed by atoms with van der Waals surface area (Å²) in [5.74, 6) is -1.51. The Labute approximate surface area is 200 Å². The first-order chi connectivity index (χ1) is 16.4. The number of benzene rings is 1. The van der Waals surface area contributed by atoms with Crippen molar-refractivity contribution in [1.82, 2.24) is 20.4 Å². The van der Waals surface area contributed by atoms with Gasteiger partial charge in [-0.1, -0.05) is 11.6 Å². The molecule has 1 aromatic heterocycles. The number of amides is 2. The molecular formula is C21H19ClF4N4O5. The van der Waals surface area contributed by atoms with Crippen LogP contribution in [-0.2, 0) is 16.1 Å². The maximum Gasteiger partial charge on any atom is 0.408 e. The number of aromatic nitrogens is 2. The standard InChI is InChI=1S/C21H19ClF4N4O5/c22-14-2-1-12(3-15(14)23)34-6-16(31)28-19-8-20(9-19,10-19)29-17(32)7-35-13-4-18(33)30(27-5-13)11-21(24,25)26/h1-5H,6-11H2,(H,28,31)(H,29,32). The van der Waals surface area contributed by atoms with Crippen molar-refractivity contribution in [1.29, 1.82) is 0 Å². The van der Waals surface area contributed by atoms with Crippen molar-refractivity contribution in [2.24, 2.45) is 0 Å². The number of nitrogens with zero attached hydrogens (tertiary/aromatic N) is 2. The third-order valence-corrected chi connectivity index (χ3v) is 5.95. The second-order valence-corrected chi connectivity index (χ2v) is 9.05. The van der Waals surface area contributed by atoms with Gasteiger partial charge in [0.25, 0.3) is 17.4 Å². The summed E-state index contributed by atoms with van der Waals surface area (Å²) < 4.78 is 61.2. The van der Waals surface area contributed by atoms with E-state index in [0.29, 0.717) is 19.3 Å². The lowest BCUT2D eigenvalue weighted by molar-refractivity contribution is -0.151. The van der Waals surface area contributed by atoms with Crippen LogP contribution in [0, 0.1) is 5.82 Å². The highest BCUT2D eigenvalue weighted by atomic mass is 35.5. The zero-order valence-electron chi connectivity index (χ0n) is 18.0. The molecule has 3 saturated carbocycles. The number of carbonyl (C=O) groups is 2. The van der Waals surface area contributed by atoms with Crippen LogP contribution in [0.4, 0.5) is 17.6 Å². The summed E-state index contributed by atoms with van der Waals surface area (Å²) in [4.78, 5) is 36.0. The molecule has 2 aromatic rings. The van der Waals surface area contributed by atoms with E-state index in [2.05, 4.69) is 15.7 Å². The molecule has 0 unspecified atom stereocenters. The molecule has 2 bridgehead atoms. The Morgan fingerprint density at radius 2 is 1.60 bits per heavy atom. The minimum Gasteiger partial charge on any atom is -0.484 e. The van der Waals surface area contributed by atoms with Gasteiger partial charge < -0.3 is 20.1 Å². The first kappa shape index (κ1) is 24.8. The van der Waals surface area contributed by atoms with Crippen LogP contribution in [0.3, 0.4) is 0 Å². The maximum atomic E-state index is 13.4. The fourth-order valence-corrected chi connectivity index (χ4v) is 4.48. The van der Waals surface area contributed by atoms with Crippen molar-refractivity contribution in [3.63, 3.8) is 0 Å². The molecule has 0 radical (unpaired) electrons. The highest BCUT2D eigenvalue weighted by Crippen LogP contribution is 2.60. The summed E-state index contributed by atoms with van der Waals surface area (Å²) in [5, 5.41) is 8.97.